The van der Waals surface area contributed by atoms with Crippen molar-refractivity contribution in [3.8, 4) is 6.19 Å². The molecule has 0 bridgehead atoms. The number of aliphatic imine (C=N–C) groups is 1. The summed E-state index contributed by atoms with van der Waals surface area (Å²) < 4.78 is 0. The Bertz CT molecular complexity index is 89.6. The third kappa shape index (κ3) is 4.96. The van der Waals surface area contributed by atoms with Gasteiger partial charge in [-0.25, -0.2) is 0 Å². The Morgan fingerprint density at radius 2 is 2.71 bits per heavy atom. The highest BCUT2D eigenvalue weighted by Crippen LogP contribution is 1.51. The lowest BCUT2D eigenvalue weighted by Crippen LogP contribution is -2.07. The Morgan fingerprint density at radius 3 is 3.14 bits per heavy atom. The van der Waals surface area contributed by atoms with Crippen LogP contribution in [0.5, 0.6) is 0 Å². The van der Waals surface area contributed by atoms with E-state index in [2.05, 4.69) is 10.3 Å². The predicted molar refractivity (Wildman–Crippen MR) is 27.8 cm³/mol. The van der Waals surface area contributed by atoms with E-state index in [4.69, 9.17) is 5.26 Å². The summed E-state index contributed by atoms with van der Waals surface area (Å²) in [4.78, 5) is 3.23. The van der Waals surface area contributed by atoms with Crippen molar-refractivity contribution < 1.29 is 0 Å². The van der Waals surface area contributed by atoms with E-state index in [9.17, 15) is 0 Å². The van der Waals surface area contributed by atoms with E-state index < -0.39 is 0 Å². The van der Waals surface area contributed by atoms with Gasteiger partial charge in [-0.1, -0.05) is 0 Å². The summed E-state index contributed by atoms with van der Waals surface area (Å²) in [5.74, 6) is 0. The first-order valence-corrected chi connectivity index (χ1v) is 2.05. The molecule has 1 N–H and O–H groups in total. The quantitative estimate of drug-likeness (QED) is 0.302. The minimum Gasteiger partial charge on any atom is -0.376 e. The molecule has 0 rings (SSSR count). The Kier molecular flexibility index (Phi) is 4.22. The van der Waals surface area contributed by atoms with Gasteiger partial charge in [-0.15, -0.1) is 0 Å². The van der Waals surface area contributed by atoms with E-state index in [1.54, 1.807) is 6.19 Å². The van der Waals surface area contributed by atoms with Gasteiger partial charge < -0.3 is 5.32 Å². The summed E-state index contributed by atoms with van der Waals surface area (Å²) in [5.41, 5.74) is 0. The highest BCUT2D eigenvalue weighted by molar-refractivity contribution is 5.55. The molecule has 38 valence electrons. The third-order valence-corrected chi connectivity index (χ3v) is 0.418. The van der Waals surface area contributed by atoms with Crippen LogP contribution in [0.2, 0.25) is 0 Å². The van der Waals surface area contributed by atoms with E-state index >= 15 is 0 Å². The van der Waals surface area contributed by atoms with Gasteiger partial charge >= 0.3 is 0 Å². The zero-order valence-corrected chi connectivity index (χ0v) is 4.18. The molecule has 0 radical (unpaired) electrons. The third-order valence-electron chi connectivity index (χ3n) is 0.418. The Hall–Kier alpha value is -1.04. The molecule has 3 nitrogen and oxygen atoms in total. The number of nitrogens with one attached hydrogen (secondary N) is 1. The molecule has 0 spiro atoms. The Labute approximate surface area is 42.7 Å². The van der Waals surface area contributed by atoms with Crippen molar-refractivity contribution >= 4 is 6.34 Å². The highest BCUT2D eigenvalue weighted by Gasteiger charge is 1.62. The van der Waals surface area contributed by atoms with Crippen LogP contribution in [0.25, 0.3) is 0 Å². The number of rotatable bonds is 2. The van der Waals surface area contributed by atoms with Crippen molar-refractivity contribution in [2.45, 2.75) is 6.92 Å². The number of nitriles is 1. The first-order valence-electron chi connectivity index (χ1n) is 2.05. The standard InChI is InChI=1S/C4H7N3/c1-2-6-4-7-3-5/h4H,2H2,1H3,(H,6,7). The van der Waals surface area contributed by atoms with E-state index in [0.29, 0.717) is 0 Å². The average Bonchev–Trinajstić information content (AvgIpc) is 1.69. The van der Waals surface area contributed by atoms with E-state index in [-0.39, 0.29) is 0 Å². The molecule has 0 amide bonds. The maximum Gasteiger partial charge on any atom is 0.207 e. The molecule has 0 unspecified atom stereocenters. The summed E-state index contributed by atoms with van der Waals surface area (Å²) in [7, 11) is 0. The summed E-state index contributed by atoms with van der Waals surface area (Å²) in [6, 6.07) is 0. The molecule has 0 aliphatic heterocycles. The van der Waals surface area contributed by atoms with E-state index in [1.165, 1.54) is 6.34 Å². The molecular formula is C4H7N3. The van der Waals surface area contributed by atoms with Gasteiger partial charge in [-0.3, -0.25) is 0 Å². The van der Waals surface area contributed by atoms with Crippen LogP contribution in [0.3, 0.4) is 0 Å². The van der Waals surface area contributed by atoms with Crippen LogP contribution in [-0.4, -0.2) is 12.9 Å². The van der Waals surface area contributed by atoms with Crippen LogP contribution in [0.4, 0.5) is 0 Å². The highest BCUT2D eigenvalue weighted by atomic mass is 14.9. The number of nitrogens with zero attached hydrogens (tertiary/aromatic N) is 2. The molecule has 0 heterocycles. The average molecular weight is 97.1 g/mol. The van der Waals surface area contributed by atoms with Crippen molar-refractivity contribution in [2.75, 3.05) is 6.54 Å². The van der Waals surface area contributed by atoms with Gasteiger partial charge in [0.15, 0.2) is 0 Å². The fourth-order valence-electron chi connectivity index (χ4n) is 0.166. The van der Waals surface area contributed by atoms with E-state index in [0.717, 1.165) is 6.54 Å². The summed E-state index contributed by atoms with van der Waals surface area (Å²) in [6.45, 7) is 2.74. The first kappa shape index (κ1) is 5.96. The van der Waals surface area contributed by atoms with Crippen molar-refractivity contribution in [3.63, 3.8) is 0 Å². The van der Waals surface area contributed by atoms with Crippen molar-refractivity contribution in [2.24, 2.45) is 4.99 Å². The summed E-state index contributed by atoms with van der Waals surface area (Å²) >= 11 is 0. The molecule has 0 atom stereocenters. The molecule has 0 aliphatic rings. The molecule has 0 aromatic rings. The van der Waals surface area contributed by atoms with Gasteiger partial charge in [-0.05, 0) is 6.92 Å². The zero-order chi connectivity index (χ0) is 5.54. The van der Waals surface area contributed by atoms with Gasteiger partial charge in [0.2, 0.25) is 6.19 Å². The Balaban J connectivity index is 2.97. The minimum atomic E-state index is 0.811. The SMILES string of the molecule is CCNC=NC#N. The van der Waals surface area contributed by atoms with Crippen molar-refractivity contribution in [1.29, 1.82) is 5.26 Å². The second-order valence-corrected chi connectivity index (χ2v) is 0.916. The molecule has 0 fully saturated rings. The van der Waals surface area contributed by atoms with E-state index in [1.807, 2.05) is 6.92 Å². The lowest BCUT2D eigenvalue weighted by molar-refractivity contribution is 0.987. The number of hydrogen-bond acceptors (Lipinski definition) is 2. The Morgan fingerprint density at radius 1 is 2.00 bits per heavy atom. The van der Waals surface area contributed by atoms with Crippen molar-refractivity contribution in [1.82, 2.24) is 5.32 Å². The fraction of sp³-hybridized carbons (Fsp3) is 0.500. The molecular weight excluding hydrogens is 90.1 g/mol. The monoisotopic (exact) mass is 97.1 g/mol. The maximum atomic E-state index is 7.80. The van der Waals surface area contributed by atoms with Crippen molar-refractivity contribution in [3.05, 3.63) is 0 Å². The molecule has 0 aromatic carbocycles. The molecule has 0 aliphatic carbocycles. The molecule has 3 heteroatoms. The molecule has 0 saturated heterocycles. The topological polar surface area (TPSA) is 48.2 Å². The van der Waals surface area contributed by atoms with Gasteiger partial charge in [0.25, 0.3) is 0 Å². The second-order valence-electron chi connectivity index (χ2n) is 0.916. The van der Waals surface area contributed by atoms with Crippen LogP contribution in [0, 0.1) is 11.5 Å². The van der Waals surface area contributed by atoms with Gasteiger partial charge in [-0.2, -0.15) is 10.3 Å². The van der Waals surface area contributed by atoms with Gasteiger partial charge in [0, 0.05) is 6.54 Å². The van der Waals surface area contributed by atoms with Crippen LogP contribution in [0.1, 0.15) is 6.92 Å². The van der Waals surface area contributed by atoms with Crippen LogP contribution in [-0.2, 0) is 0 Å². The molecule has 0 saturated carbocycles. The lowest BCUT2D eigenvalue weighted by Gasteiger charge is -1.83. The normalized spacial score (nSPS) is 8.57. The molecule has 7 heavy (non-hydrogen) atoms. The summed E-state index contributed by atoms with van der Waals surface area (Å²) in [5, 5.41) is 10.5. The smallest absolute Gasteiger partial charge is 0.207 e. The van der Waals surface area contributed by atoms with Crippen LogP contribution >= 0.6 is 0 Å². The maximum absolute atomic E-state index is 7.80. The van der Waals surface area contributed by atoms with Crippen LogP contribution in [0.15, 0.2) is 4.99 Å². The second kappa shape index (κ2) is 4.96. The fourth-order valence-corrected chi connectivity index (χ4v) is 0.166. The minimum absolute atomic E-state index is 0.811. The van der Waals surface area contributed by atoms with Crippen LogP contribution < -0.4 is 5.32 Å². The predicted octanol–water partition coefficient (Wildman–Crippen LogP) is 0.105. The lowest BCUT2D eigenvalue weighted by atomic mass is 10.8. The zero-order valence-electron chi connectivity index (χ0n) is 4.18. The van der Waals surface area contributed by atoms with Gasteiger partial charge in [0.1, 0.15) is 6.34 Å². The number of hydrogen-bond donors (Lipinski definition) is 1. The van der Waals surface area contributed by atoms with Gasteiger partial charge in [0.05, 0.1) is 0 Å². The summed E-state index contributed by atoms with van der Waals surface area (Å²) in [6.07, 6.45) is 2.98. The molecule has 0 aromatic heterocycles. The largest absolute Gasteiger partial charge is 0.376 e. The first-order chi connectivity index (χ1) is 3.41.